The van der Waals surface area contributed by atoms with Crippen LogP contribution in [0.2, 0.25) is 0 Å². The highest BCUT2D eigenvalue weighted by molar-refractivity contribution is 9.10. The Bertz CT molecular complexity index is 584. The van der Waals surface area contributed by atoms with Gasteiger partial charge in [0.05, 0.1) is 0 Å². The molecule has 104 valence electrons. The van der Waals surface area contributed by atoms with Gasteiger partial charge < -0.3 is 10.6 Å². The van der Waals surface area contributed by atoms with Gasteiger partial charge in [0, 0.05) is 28.8 Å². The lowest BCUT2D eigenvalue weighted by molar-refractivity contribution is -0.115. The van der Waals surface area contributed by atoms with E-state index >= 15 is 0 Å². The van der Waals surface area contributed by atoms with Crippen LogP contribution < -0.4 is 10.6 Å². The maximum Gasteiger partial charge on any atom is 0.226 e. The third-order valence-corrected chi connectivity index (χ3v) is 3.79. The first-order valence-corrected chi connectivity index (χ1v) is 7.29. The number of carbonyl (C=O) groups excluding carboxylic acids is 1. The van der Waals surface area contributed by atoms with E-state index in [0.717, 1.165) is 21.4 Å². The lowest BCUT2D eigenvalue weighted by Crippen LogP contribution is -2.16. The van der Waals surface area contributed by atoms with Crippen LogP contribution >= 0.6 is 15.9 Å². The van der Waals surface area contributed by atoms with Gasteiger partial charge in [-0.05, 0) is 42.8 Å². The zero-order valence-electron chi connectivity index (χ0n) is 11.3. The van der Waals surface area contributed by atoms with Gasteiger partial charge in [0.2, 0.25) is 5.91 Å². The van der Waals surface area contributed by atoms with Gasteiger partial charge in [-0.2, -0.15) is 0 Å². The molecule has 0 unspecified atom stereocenters. The highest BCUT2D eigenvalue weighted by Crippen LogP contribution is 2.20. The summed E-state index contributed by atoms with van der Waals surface area (Å²) in [6.07, 6.45) is 0.435. The first-order valence-electron chi connectivity index (χ1n) is 6.50. The van der Waals surface area contributed by atoms with E-state index in [1.807, 2.05) is 55.5 Å². The van der Waals surface area contributed by atoms with E-state index in [-0.39, 0.29) is 5.91 Å². The van der Waals surface area contributed by atoms with E-state index in [4.69, 9.17) is 0 Å². The van der Waals surface area contributed by atoms with Crippen molar-refractivity contribution in [3.8, 4) is 0 Å². The van der Waals surface area contributed by atoms with Gasteiger partial charge in [-0.15, -0.1) is 0 Å². The maximum absolute atomic E-state index is 11.8. The number of hydrogen-bond donors (Lipinski definition) is 2. The minimum atomic E-state index is 0.00940. The molecule has 0 aliphatic carbocycles. The number of para-hydroxylation sites is 1. The number of amides is 1. The molecule has 0 fully saturated rings. The smallest absolute Gasteiger partial charge is 0.226 e. The van der Waals surface area contributed by atoms with Crippen LogP contribution in [0.5, 0.6) is 0 Å². The number of rotatable bonds is 5. The molecule has 4 heteroatoms. The molecule has 0 aliphatic rings. The van der Waals surface area contributed by atoms with Crippen molar-refractivity contribution >= 4 is 33.2 Å². The summed E-state index contributed by atoms with van der Waals surface area (Å²) in [5.74, 6) is 0.00940. The summed E-state index contributed by atoms with van der Waals surface area (Å²) in [5.41, 5.74) is 2.96. The molecule has 2 N–H and O–H groups in total. The molecule has 2 aromatic carbocycles. The van der Waals surface area contributed by atoms with E-state index < -0.39 is 0 Å². The quantitative estimate of drug-likeness (QED) is 0.861. The third-order valence-electron chi connectivity index (χ3n) is 2.90. The normalized spacial score (nSPS) is 10.1. The van der Waals surface area contributed by atoms with Gasteiger partial charge in [0.25, 0.3) is 0 Å². The Morgan fingerprint density at radius 2 is 1.85 bits per heavy atom. The maximum atomic E-state index is 11.8. The summed E-state index contributed by atoms with van der Waals surface area (Å²) in [6.45, 7) is 2.61. The number of carbonyl (C=O) groups is 1. The van der Waals surface area contributed by atoms with Crippen LogP contribution in [-0.2, 0) is 4.79 Å². The zero-order chi connectivity index (χ0) is 14.4. The van der Waals surface area contributed by atoms with Gasteiger partial charge >= 0.3 is 0 Å². The number of nitrogens with one attached hydrogen (secondary N) is 2. The van der Waals surface area contributed by atoms with Crippen molar-refractivity contribution in [2.45, 2.75) is 13.3 Å². The fraction of sp³-hybridized carbons (Fsp3) is 0.188. The Morgan fingerprint density at radius 3 is 2.55 bits per heavy atom. The van der Waals surface area contributed by atoms with Crippen LogP contribution in [0.1, 0.15) is 12.0 Å². The molecule has 1 amide bonds. The largest absolute Gasteiger partial charge is 0.385 e. The molecule has 20 heavy (non-hydrogen) atoms. The fourth-order valence-corrected chi connectivity index (χ4v) is 2.07. The molecule has 0 radical (unpaired) electrons. The van der Waals surface area contributed by atoms with E-state index in [9.17, 15) is 4.79 Å². The SMILES string of the molecule is Cc1cc(NC(=O)CCNc2ccccc2)ccc1Br. The van der Waals surface area contributed by atoms with E-state index in [1.165, 1.54) is 0 Å². The second-order valence-corrected chi connectivity index (χ2v) is 5.41. The number of aryl methyl sites for hydroxylation is 1. The molecule has 0 heterocycles. The van der Waals surface area contributed by atoms with E-state index in [2.05, 4.69) is 26.6 Å². The Balaban J connectivity index is 1.79. The summed E-state index contributed by atoms with van der Waals surface area (Å²) in [7, 11) is 0. The predicted octanol–water partition coefficient (Wildman–Crippen LogP) is 4.20. The molecule has 0 saturated carbocycles. The summed E-state index contributed by atoms with van der Waals surface area (Å²) in [4.78, 5) is 11.8. The topological polar surface area (TPSA) is 41.1 Å². The zero-order valence-corrected chi connectivity index (χ0v) is 12.9. The van der Waals surface area contributed by atoms with Crippen LogP contribution in [0, 0.1) is 6.92 Å². The number of benzene rings is 2. The lowest BCUT2D eigenvalue weighted by atomic mass is 10.2. The van der Waals surface area contributed by atoms with E-state index in [1.54, 1.807) is 0 Å². The number of halogens is 1. The van der Waals surface area contributed by atoms with Gasteiger partial charge in [-0.3, -0.25) is 4.79 Å². The molecule has 0 spiro atoms. The van der Waals surface area contributed by atoms with Crippen LogP contribution in [0.15, 0.2) is 53.0 Å². The average Bonchev–Trinajstić information content (AvgIpc) is 2.44. The molecule has 0 bridgehead atoms. The van der Waals surface area contributed by atoms with E-state index in [0.29, 0.717) is 13.0 Å². The summed E-state index contributed by atoms with van der Waals surface area (Å²) in [6, 6.07) is 15.6. The van der Waals surface area contributed by atoms with Gasteiger partial charge in [0.1, 0.15) is 0 Å². The molecule has 0 atom stereocenters. The molecular formula is C16H17BrN2O. The number of anilines is 2. The summed E-state index contributed by atoms with van der Waals surface area (Å²) >= 11 is 3.44. The highest BCUT2D eigenvalue weighted by atomic mass is 79.9. The molecule has 3 nitrogen and oxygen atoms in total. The van der Waals surface area contributed by atoms with Crippen molar-refractivity contribution in [2.24, 2.45) is 0 Å². The predicted molar refractivity (Wildman–Crippen MR) is 87.1 cm³/mol. The van der Waals surface area contributed by atoms with Crippen LogP contribution in [0.25, 0.3) is 0 Å². The Hall–Kier alpha value is -1.81. The fourth-order valence-electron chi connectivity index (χ4n) is 1.82. The highest BCUT2D eigenvalue weighted by Gasteiger charge is 2.03. The van der Waals surface area contributed by atoms with Gasteiger partial charge in [0.15, 0.2) is 0 Å². The summed E-state index contributed by atoms with van der Waals surface area (Å²) in [5, 5.41) is 6.11. The minimum Gasteiger partial charge on any atom is -0.385 e. The van der Waals surface area contributed by atoms with Crippen molar-refractivity contribution in [3.63, 3.8) is 0 Å². The molecule has 0 aromatic heterocycles. The first-order chi connectivity index (χ1) is 9.65. The number of hydrogen-bond acceptors (Lipinski definition) is 2. The van der Waals surface area contributed by atoms with Crippen molar-refractivity contribution in [3.05, 3.63) is 58.6 Å². The summed E-state index contributed by atoms with van der Waals surface area (Å²) < 4.78 is 1.04. The van der Waals surface area contributed by atoms with Crippen molar-refractivity contribution in [1.29, 1.82) is 0 Å². The van der Waals surface area contributed by atoms with Crippen molar-refractivity contribution in [2.75, 3.05) is 17.2 Å². The second-order valence-electron chi connectivity index (χ2n) is 4.55. The molecular weight excluding hydrogens is 316 g/mol. The van der Waals surface area contributed by atoms with Crippen LogP contribution in [0.3, 0.4) is 0 Å². The Kier molecular flexibility index (Phi) is 5.18. The lowest BCUT2D eigenvalue weighted by Gasteiger charge is -2.08. The second kappa shape index (κ2) is 7.10. The van der Waals surface area contributed by atoms with Gasteiger partial charge in [-0.1, -0.05) is 34.1 Å². The van der Waals surface area contributed by atoms with Crippen LogP contribution in [0.4, 0.5) is 11.4 Å². The molecule has 0 saturated heterocycles. The standard InChI is InChI=1S/C16H17BrN2O/c1-12-11-14(7-8-15(12)17)19-16(20)9-10-18-13-5-3-2-4-6-13/h2-8,11,18H,9-10H2,1H3,(H,19,20). The molecule has 0 aliphatic heterocycles. The molecule has 2 rings (SSSR count). The van der Waals surface area contributed by atoms with Gasteiger partial charge in [-0.25, -0.2) is 0 Å². The third kappa shape index (κ3) is 4.38. The Labute approximate surface area is 127 Å². The molecule has 2 aromatic rings. The average molecular weight is 333 g/mol. The minimum absolute atomic E-state index is 0.00940. The monoisotopic (exact) mass is 332 g/mol. The van der Waals surface area contributed by atoms with Crippen LogP contribution in [-0.4, -0.2) is 12.5 Å². The van der Waals surface area contributed by atoms with Crippen molar-refractivity contribution < 1.29 is 4.79 Å². The first kappa shape index (κ1) is 14.6. The Morgan fingerprint density at radius 1 is 1.10 bits per heavy atom. The van der Waals surface area contributed by atoms with Crippen molar-refractivity contribution in [1.82, 2.24) is 0 Å².